The van der Waals surface area contributed by atoms with Crippen LogP contribution >= 0.6 is 0 Å². The first-order valence-electron chi connectivity index (χ1n) is 11.4. The van der Waals surface area contributed by atoms with Gasteiger partial charge in [-0.15, -0.1) is 0 Å². The highest BCUT2D eigenvalue weighted by molar-refractivity contribution is 6.74. The van der Waals surface area contributed by atoms with E-state index in [9.17, 15) is 9.59 Å². The molecule has 0 aromatic heterocycles. The zero-order valence-electron chi connectivity index (χ0n) is 22.0. The SMILES string of the molecule is CO[C@@H](C[C@@H](C)COC(=O)C(C)(C)C)[C@@H](O[Si](C)(C)C(C)(C)C)[C@H](C[C@@H](C)C=O)OC. The number of carbonyl (C=O) groups excluding carboxylic acids is 2. The summed E-state index contributed by atoms with van der Waals surface area (Å²) in [5.41, 5.74) is -0.527. The van der Waals surface area contributed by atoms with E-state index in [0.717, 1.165) is 6.29 Å². The summed E-state index contributed by atoms with van der Waals surface area (Å²) in [7, 11) is 1.20. The predicted molar refractivity (Wildman–Crippen MR) is 128 cm³/mol. The molecule has 7 heteroatoms. The first-order chi connectivity index (χ1) is 14.0. The van der Waals surface area contributed by atoms with Crippen molar-refractivity contribution in [2.45, 2.75) is 105 Å². The number of aldehydes is 1. The Hall–Kier alpha value is -0.763. The normalized spacial score (nSPS) is 18.1. The Labute approximate surface area is 191 Å². The highest BCUT2D eigenvalue weighted by Gasteiger charge is 2.44. The van der Waals surface area contributed by atoms with Crippen molar-refractivity contribution in [1.82, 2.24) is 0 Å². The Morgan fingerprint density at radius 1 is 0.935 bits per heavy atom. The minimum atomic E-state index is -2.13. The molecule has 0 aromatic rings. The number of ether oxygens (including phenoxy) is 3. The lowest BCUT2D eigenvalue weighted by molar-refractivity contribution is -0.155. The minimum Gasteiger partial charge on any atom is -0.465 e. The van der Waals surface area contributed by atoms with Crippen molar-refractivity contribution >= 4 is 20.6 Å². The van der Waals surface area contributed by atoms with Gasteiger partial charge in [-0.05, 0) is 57.7 Å². The van der Waals surface area contributed by atoms with Crippen molar-refractivity contribution in [2.24, 2.45) is 17.3 Å². The Balaban J connectivity index is 5.61. The molecule has 0 spiro atoms. The second kappa shape index (κ2) is 12.5. The third-order valence-electron chi connectivity index (χ3n) is 6.16. The van der Waals surface area contributed by atoms with Crippen LogP contribution in [-0.4, -0.2) is 59.7 Å². The largest absolute Gasteiger partial charge is 0.465 e. The molecule has 0 aliphatic carbocycles. The van der Waals surface area contributed by atoms with E-state index in [1.165, 1.54) is 0 Å². The van der Waals surface area contributed by atoms with Crippen LogP contribution in [-0.2, 0) is 28.2 Å². The van der Waals surface area contributed by atoms with E-state index >= 15 is 0 Å². The average Bonchev–Trinajstić information content (AvgIpc) is 2.64. The van der Waals surface area contributed by atoms with E-state index in [1.807, 2.05) is 34.6 Å². The highest BCUT2D eigenvalue weighted by atomic mass is 28.4. The molecule has 0 fully saturated rings. The molecule has 0 rings (SSSR count). The summed E-state index contributed by atoms with van der Waals surface area (Å²) < 4.78 is 24.0. The van der Waals surface area contributed by atoms with Crippen molar-refractivity contribution in [1.29, 1.82) is 0 Å². The van der Waals surface area contributed by atoms with E-state index in [2.05, 4.69) is 33.9 Å². The number of methoxy groups -OCH3 is 2. The summed E-state index contributed by atoms with van der Waals surface area (Å²) in [5, 5.41) is 0.0198. The molecule has 0 amide bonds. The molecule has 0 saturated heterocycles. The van der Waals surface area contributed by atoms with Gasteiger partial charge in [-0.1, -0.05) is 34.6 Å². The van der Waals surface area contributed by atoms with Gasteiger partial charge in [0.2, 0.25) is 0 Å². The summed E-state index contributed by atoms with van der Waals surface area (Å²) in [6.45, 7) is 20.8. The fourth-order valence-electron chi connectivity index (χ4n) is 2.96. The number of esters is 1. The molecule has 184 valence electrons. The molecule has 0 bridgehead atoms. The van der Waals surface area contributed by atoms with Gasteiger partial charge in [-0.2, -0.15) is 0 Å². The Morgan fingerprint density at radius 3 is 1.81 bits per heavy atom. The maximum Gasteiger partial charge on any atom is 0.311 e. The summed E-state index contributed by atoms with van der Waals surface area (Å²) in [6.07, 6.45) is 1.32. The summed E-state index contributed by atoms with van der Waals surface area (Å²) in [5.74, 6) is -0.266. The molecule has 0 aromatic carbocycles. The summed E-state index contributed by atoms with van der Waals surface area (Å²) in [4.78, 5) is 23.4. The van der Waals surface area contributed by atoms with Crippen molar-refractivity contribution in [3.05, 3.63) is 0 Å². The molecule has 31 heavy (non-hydrogen) atoms. The van der Waals surface area contributed by atoms with Crippen LogP contribution in [0.2, 0.25) is 18.1 Å². The molecule has 0 saturated carbocycles. The van der Waals surface area contributed by atoms with Crippen LogP contribution in [0.4, 0.5) is 0 Å². The Morgan fingerprint density at radius 2 is 1.42 bits per heavy atom. The van der Waals surface area contributed by atoms with Gasteiger partial charge in [-0.3, -0.25) is 4.79 Å². The van der Waals surface area contributed by atoms with Crippen LogP contribution in [0.25, 0.3) is 0 Å². The molecule has 6 nitrogen and oxygen atoms in total. The molecule has 0 unspecified atom stereocenters. The van der Waals surface area contributed by atoms with Crippen LogP contribution in [0, 0.1) is 17.3 Å². The Bertz CT molecular complexity index is 549. The van der Waals surface area contributed by atoms with Gasteiger partial charge >= 0.3 is 5.97 Å². The molecule has 0 aliphatic rings. The maximum absolute atomic E-state index is 12.1. The van der Waals surface area contributed by atoms with Crippen molar-refractivity contribution in [2.75, 3.05) is 20.8 Å². The van der Waals surface area contributed by atoms with E-state index in [0.29, 0.717) is 19.4 Å². The van der Waals surface area contributed by atoms with Gasteiger partial charge in [0, 0.05) is 20.1 Å². The molecular weight excluding hydrogens is 412 g/mol. The predicted octanol–water partition coefficient (Wildman–Crippen LogP) is 5.25. The molecule has 0 heterocycles. The smallest absolute Gasteiger partial charge is 0.311 e. The molecule has 0 radical (unpaired) electrons. The average molecular weight is 461 g/mol. The van der Waals surface area contributed by atoms with E-state index in [-0.39, 0.29) is 41.2 Å². The number of carbonyl (C=O) groups is 2. The van der Waals surface area contributed by atoms with E-state index < -0.39 is 13.7 Å². The number of rotatable bonds is 13. The summed E-state index contributed by atoms with van der Waals surface area (Å²) in [6, 6.07) is 0. The third-order valence-corrected chi connectivity index (χ3v) is 10.6. The third kappa shape index (κ3) is 10.1. The lowest BCUT2D eigenvalue weighted by Gasteiger charge is -2.44. The lowest BCUT2D eigenvalue weighted by atomic mass is 9.93. The van der Waals surface area contributed by atoms with Crippen molar-refractivity contribution < 1.29 is 28.2 Å². The van der Waals surface area contributed by atoms with Crippen molar-refractivity contribution in [3.63, 3.8) is 0 Å². The first kappa shape index (κ1) is 30.2. The van der Waals surface area contributed by atoms with Crippen LogP contribution in [0.1, 0.15) is 68.2 Å². The van der Waals surface area contributed by atoms with Crippen LogP contribution in [0.15, 0.2) is 0 Å². The fraction of sp³-hybridized carbons (Fsp3) is 0.917. The molecule has 0 N–H and O–H groups in total. The number of hydrogen-bond donors (Lipinski definition) is 0. The molecular formula is C24H48O6Si. The second-order valence-corrected chi connectivity index (χ2v) is 16.2. The standard InChI is InChI=1S/C24H48O6Si/c1-17(15-25)13-19(27-9)21(30-31(11,12)24(6,7)8)20(28-10)14-18(2)16-29-22(26)23(3,4)5/h15,17-21H,13-14,16H2,1-12H3/t17-,18-,19+,20+,21+/m1/s1. The maximum atomic E-state index is 12.1. The van der Waals surface area contributed by atoms with Crippen LogP contribution in [0.3, 0.4) is 0 Å². The zero-order valence-corrected chi connectivity index (χ0v) is 23.0. The fourth-order valence-corrected chi connectivity index (χ4v) is 4.30. The van der Waals surface area contributed by atoms with Gasteiger partial charge in [0.15, 0.2) is 8.32 Å². The Kier molecular flexibility index (Phi) is 12.2. The highest BCUT2D eigenvalue weighted by Crippen LogP contribution is 2.39. The van der Waals surface area contributed by atoms with E-state index in [1.54, 1.807) is 14.2 Å². The summed E-state index contributed by atoms with van der Waals surface area (Å²) >= 11 is 0. The minimum absolute atomic E-state index is 0.0198. The zero-order chi connectivity index (χ0) is 24.6. The van der Waals surface area contributed by atoms with E-state index in [4.69, 9.17) is 18.6 Å². The number of hydrogen-bond acceptors (Lipinski definition) is 6. The van der Waals surface area contributed by atoms with Gasteiger partial charge in [0.25, 0.3) is 0 Å². The molecule has 5 atom stereocenters. The van der Waals surface area contributed by atoms with Gasteiger partial charge in [0.1, 0.15) is 6.29 Å². The molecule has 0 aliphatic heterocycles. The van der Waals surface area contributed by atoms with Gasteiger partial charge < -0.3 is 23.4 Å². The van der Waals surface area contributed by atoms with Crippen molar-refractivity contribution in [3.8, 4) is 0 Å². The lowest BCUT2D eigenvalue weighted by Crippen LogP contribution is -2.53. The van der Waals surface area contributed by atoms with Gasteiger partial charge in [0.05, 0.1) is 30.3 Å². The van der Waals surface area contributed by atoms with Crippen LogP contribution in [0.5, 0.6) is 0 Å². The van der Waals surface area contributed by atoms with Crippen LogP contribution < -0.4 is 0 Å². The quantitative estimate of drug-likeness (QED) is 0.212. The monoisotopic (exact) mass is 460 g/mol. The second-order valence-electron chi connectivity index (χ2n) is 11.4. The first-order valence-corrected chi connectivity index (χ1v) is 14.3. The topological polar surface area (TPSA) is 71.1 Å². The van der Waals surface area contributed by atoms with Gasteiger partial charge in [-0.25, -0.2) is 0 Å².